The van der Waals surface area contributed by atoms with Crippen molar-refractivity contribution in [1.82, 2.24) is 10.3 Å². The molecule has 15 heavy (non-hydrogen) atoms. The number of carbonyl (C=O) groups is 1. The summed E-state index contributed by atoms with van der Waals surface area (Å²) in [7, 11) is 0. The molecule has 1 aromatic heterocycles. The van der Waals surface area contributed by atoms with E-state index < -0.39 is 5.54 Å². The third-order valence-corrected chi connectivity index (χ3v) is 2.87. The molecular weight excluding hydrogens is 212 g/mol. The minimum atomic E-state index is -0.448. The van der Waals surface area contributed by atoms with Crippen LogP contribution < -0.4 is 5.32 Å². The Balaban J connectivity index is 2.73. The predicted molar refractivity (Wildman–Crippen MR) is 61.1 cm³/mol. The van der Waals surface area contributed by atoms with Crippen molar-refractivity contribution in [3.8, 4) is 0 Å². The number of rotatable bonds is 3. The van der Waals surface area contributed by atoms with Crippen LogP contribution in [0, 0.1) is 0 Å². The molecule has 0 bridgehead atoms. The molecule has 0 saturated carbocycles. The van der Waals surface area contributed by atoms with E-state index >= 15 is 0 Å². The minimum Gasteiger partial charge on any atom is -0.344 e. The number of alkyl halides is 1. The quantitative estimate of drug-likeness (QED) is 0.803. The highest BCUT2D eigenvalue weighted by Crippen LogP contribution is 2.15. The Labute approximate surface area is 94.9 Å². The van der Waals surface area contributed by atoms with Gasteiger partial charge in [-0.05, 0) is 32.9 Å². The molecule has 0 fully saturated rings. The Morgan fingerprint density at radius 1 is 1.53 bits per heavy atom. The lowest BCUT2D eigenvalue weighted by molar-refractivity contribution is 0.0907. The van der Waals surface area contributed by atoms with Crippen molar-refractivity contribution in [3.63, 3.8) is 0 Å². The summed E-state index contributed by atoms with van der Waals surface area (Å²) >= 11 is 5.97. The second-order valence-corrected chi connectivity index (χ2v) is 4.66. The molecule has 4 heteroatoms. The van der Waals surface area contributed by atoms with Gasteiger partial charge >= 0.3 is 0 Å². The molecule has 0 aliphatic rings. The number of carbonyl (C=O) groups excluding carboxylic acids is 1. The lowest BCUT2D eigenvalue weighted by Crippen LogP contribution is -2.49. The standard InChI is InChI=1S/C11H15ClN2O/c1-8(12)11(2,3)14-10(15)9-6-4-5-7-13-9/h4-8H,1-3H3,(H,14,15). The van der Waals surface area contributed by atoms with Gasteiger partial charge in [0.2, 0.25) is 0 Å². The number of nitrogens with zero attached hydrogens (tertiary/aromatic N) is 1. The van der Waals surface area contributed by atoms with E-state index in [1.807, 2.05) is 20.8 Å². The van der Waals surface area contributed by atoms with E-state index in [9.17, 15) is 4.79 Å². The van der Waals surface area contributed by atoms with Crippen LogP contribution in [0.5, 0.6) is 0 Å². The fraction of sp³-hybridized carbons (Fsp3) is 0.455. The van der Waals surface area contributed by atoms with E-state index in [4.69, 9.17) is 11.6 Å². The zero-order valence-corrected chi connectivity index (χ0v) is 9.88. The Hall–Kier alpha value is -1.09. The Morgan fingerprint density at radius 3 is 2.67 bits per heavy atom. The van der Waals surface area contributed by atoms with Gasteiger partial charge in [-0.1, -0.05) is 6.07 Å². The van der Waals surface area contributed by atoms with Crippen LogP contribution in [0.15, 0.2) is 24.4 Å². The second-order valence-electron chi connectivity index (χ2n) is 4.01. The van der Waals surface area contributed by atoms with Gasteiger partial charge in [0.05, 0.1) is 10.9 Å². The second kappa shape index (κ2) is 4.62. The molecule has 1 heterocycles. The van der Waals surface area contributed by atoms with Crippen molar-refractivity contribution in [1.29, 1.82) is 0 Å². The molecular formula is C11H15ClN2O. The molecule has 3 nitrogen and oxygen atoms in total. The third kappa shape index (κ3) is 3.20. The molecule has 0 aliphatic heterocycles. The average molecular weight is 227 g/mol. The summed E-state index contributed by atoms with van der Waals surface area (Å²) in [5.74, 6) is -0.201. The number of hydrogen-bond donors (Lipinski definition) is 1. The summed E-state index contributed by atoms with van der Waals surface area (Å²) in [4.78, 5) is 15.7. The van der Waals surface area contributed by atoms with Crippen LogP contribution in [0.2, 0.25) is 0 Å². The lowest BCUT2D eigenvalue weighted by Gasteiger charge is -2.28. The van der Waals surface area contributed by atoms with E-state index in [-0.39, 0.29) is 11.3 Å². The summed E-state index contributed by atoms with van der Waals surface area (Å²) < 4.78 is 0. The van der Waals surface area contributed by atoms with Gasteiger partial charge in [0, 0.05) is 6.20 Å². The number of aromatic nitrogens is 1. The van der Waals surface area contributed by atoms with Gasteiger partial charge in [-0.15, -0.1) is 11.6 Å². The molecule has 1 amide bonds. The first kappa shape index (κ1) is 12.0. The van der Waals surface area contributed by atoms with Gasteiger partial charge < -0.3 is 5.32 Å². The number of nitrogens with one attached hydrogen (secondary N) is 1. The number of pyridine rings is 1. The van der Waals surface area contributed by atoms with Crippen molar-refractivity contribution in [3.05, 3.63) is 30.1 Å². The van der Waals surface area contributed by atoms with Gasteiger partial charge in [0.25, 0.3) is 5.91 Å². The largest absolute Gasteiger partial charge is 0.344 e. The summed E-state index contributed by atoms with van der Waals surface area (Å²) in [6.45, 7) is 5.61. The zero-order chi connectivity index (χ0) is 11.5. The smallest absolute Gasteiger partial charge is 0.270 e. The highest BCUT2D eigenvalue weighted by Gasteiger charge is 2.26. The molecule has 82 valence electrons. The van der Waals surface area contributed by atoms with Crippen molar-refractivity contribution < 1.29 is 4.79 Å². The molecule has 0 spiro atoms. The maximum Gasteiger partial charge on any atom is 0.270 e. The number of halogens is 1. The normalized spacial score (nSPS) is 13.3. The molecule has 1 rings (SSSR count). The maximum atomic E-state index is 11.7. The predicted octanol–water partition coefficient (Wildman–Crippen LogP) is 2.22. The topological polar surface area (TPSA) is 42.0 Å². The van der Waals surface area contributed by atoms with Gasteiger partial charge in [-0.3, -0.25) is 9.78 Å². The summed E-state index contributed by atoms with van der Waals surface area (Å²) in [5, 5.41) is 2.69. The van der Waals surface area contributed by atoms with Crippen LogP contribution in [0.1, 0.15) is 31.3 Å². The van der Waals surface area contributed by atoms with Crippen LogP contribution >= 0.6 is 11.6 Å². The molecule has 1 N–H and O–H groups in total. The molecule has 1 unspecified atom stereocenters. The van der Waals surface area contributed by atoms with Gasteiger partial charge in [-0.2, -0.15) is 0 Å². The molecule has 0 aliphatic carbocycles. The molecule has 0 radical (unpaired) electrons. The fourth-order valence-corrected chi connectivity index (χ4v) is 1.01. The van der Waals surface area contributed by atoms with Crippen molar-refractivity contribution >= 4 is 17.5 Å². The first-order chi connectivity index (χ1) is 6.93. The van der Waals surface area contributed by atoms with E-state index in [1.165, 1.54) is 0 Å². The lowest BCUT2D eigenvalue weighted by atomic mass is 10.0. The van der Waals surface area contributed by atoms with E-state index in [1.54, 1.807) is 24.4 Å². The third-order valence-electron chi connectivity index (χ3n) is 2.33. The first-order valence-corrected chi connectivity index (χ1v) is 5.25. The molecule has 1 aromatic rings. The zero-order valence-electron chi connectivity index (χ0n) is 9.12. The SMILES string of the molecule is CC(Cl)C(C)(C)NC(=O)c1ccccn1. The monoisotopic (exact) mass is 226 g/mol. The summed E-state index contributed by atoms with van der Waals surface area (Å²) in [6, 6.07) is 5.22. The van der Waals surface area contributed by atoms with Crippen LogP contribution in [0.4, 0.5) is 0 Å². The molecule has 1 atom stereocenters. The maximum absolute atomic E-state index is 11.7. The van der Waals surface area contributed by atoms with Crippen molar-refractivity contribution in [2.75, 3.05) is 0 Å². The summed E-state index contributed by atoms with van der Waals surface area (Å²) in [6.07, 6.45) is 1.59. The fourth-order valence-electron chi connectivity index (χ4n) is 0.953. The Morgan fingerprint density at radius 2 is 2.20 bits per heavy atom. The number of amides is 1. The highest BCUT2D eigenvalue weighted by molar-refractivity contribution is 6.21. The molecule has 0 aromatic carbocycles. The van der Waals surface area contributed by atoms with E-state index in [2.05, 4.69) is 10.3 Å². The van der Waals surface area contributed by atoms with Gasteiger partial charge in [-0.25, -0.2) is 0 Å². The number of hydrogen-bond acceptors (Lipinski definition) is 2. The Bertz CT molecular complexity index is 336. The highest BCUT2D eigenvalue weighted by atomic mass is 35.5. The first-order valence-electron chi connectivity index (χ1n) is 4.81. The van der Waals surface area contributed by atoms with Crippen LogP contribution in [-0.2, 0) is 0 Å². The van der Waals surface area contributed by atoms with Crippen molar-refractivity contribution in [2.24, 2.45) is 0 Å². The van der Waals surface area contributed by atoms with Gasteiger partial charge in [0.1, 0.15) is 5.69 Å². The average Bonchev–Trinajstić information content (AvgIpc) is 2.18. The summed E-state index contributed by atoms with van der Waals surface area (Å²) in [5.41, 5.74) is -0.0428. The van der Waals surface area contributed by atoms with Crippen LogP contribution in [-0.4, -0.2) is 21.8 Å². The van der Waals surface area contributed by atoms with Crippen LogP contribution in [0.3, 0.4) is 0 Å². The Kier molecular flexibility index (Phi) is 3.69. The van der Waals surface area contributed by atoms with Crippen LogP contribution in [0.25, 0.3) is 0 Å². The van der Waals surface area contributed by atoms with E-state index in [0.717, 1.165) is 0 Å². The minimum absolute atomic E-state index is 0.148. The van der Waals surface area contributed by atoms with E-state index in [0.29, 0.717) is 5.69 Å². The van der Waals surface area contributed by atoms with Gasteiger partial charge in [0.15, 0.2) is 0 Å². The molecule has 0 saturated heterocycles. The van der Waals surface area contributed by atoms with Crippen molar-refractivity contribution in [2.45, 2.75) is 31.7 Å².